The van der Waals surface area contributed by atoms with Gasteiger partial charge in [-0.2, -0.15) is 0 Å². The molecule has 1 atom stereocenters. The van der Waals surface area contributed by atoms with E-state index in [2.05, 4.69) is 20.3 Å². The number of ether oxygens (including phenoxy) is 1. The highest BCUT2D eigenvalue weighted by Crippen LogP contribution is 2.22. The summed E-state index contributed by atoms with van der Waals surface area (Å²) >= 11 is 0. The molecule has 124 valence electrons. The number of nitrogens with zero attached hydrogens (tertiary/aromatic N) is 2. The van der Waals surface area contributed by atoms with Crippen LogP contribution in [-0.2, 0) is 0 Å². The number of imidazole rings is 1. The van der Waals surface area contributed by atoms with E-state index >= 15 is 0 Å². The van der Waals surface area contributed by atoms with Crippen LogP contribution in [0.25, 0.3) is 11.2 Å². The average Bonchev–Trinajstić information content (AvgIpc) is 2.93. The number of carbonyl (C=O) groups excluding carboxylic acids is 1. The first-order valence-corrected chi connectivity index (χ1v) is 7.44. The molecule has 2 N–H and O–H groups in total. The van der Waals surface area contributed by atoms with E-state index in [4.69, 9.17) is 4.74 Å². The van der Waals surface area contributed by atoms with Gasteiger partial charge in [-0.25, -0.2) is 14.4 Å². The van der Waals surface area contributed by atoms with Crippen LogP contribution in [0.15, 0.2) is 30.5 Å². The van der Waals surface area contributed by atoms with Gasteiger partial charge in [-0.05, 0) is 37.6 Å². The molecule has 1 aromatic carbocycles. The molecule has 3 aromatic rings. The first-order valence-electron chi connectivity index (χ1n) is 7.44. The van der Waals surface area contributed by atoms with Crippen LogP contribution in [0, 0.1) is 12.7 Å². The first-order chi connectivity index (χ1) is 11.5. The second-order valence-electron chi connectivity index (χ2n) is 5.51. The number of aromatic amines is 1. The number of methoxy groups -OCH3 is 1. The lowest BCUT2D eigenvalue weighted by Gasteiger charge is -2.15. The highest BCUT2D eigenvalue weighted by atomic mass is 19.1. The Morgan fingerprint density at radius 3 is 2.88 bits per heavy atom. The molecule has 0 spiro atoms. The molecule has 0 radical (unpaired) electrons. The van der Waals surface area contributed by atoms with Crippen molar-refractivity contribution in [1.82, 2.24) is 20.3 Å². The van der Waals surface area contributed by atoms with E-state index in [1.54, 1.807) is 19.1 Å². The zero-order chi connectivity index (χ0) is 17.3. The fraction of sp³-hybridized carbons (Fsp3) is 0.235. The van der Waals surface area contributed by atoms with Crippen molar-refractivity contribution in [3.8, 4) is 5.75 Å². The van der Waals surface area contributed by atoms with Crippen molar-refractivity contribution in [2.45, 2.75) is 19.9 Å². The zero-order valence-corrected chi connectivity index (χ0v) is 13.6. The van der Waals surface area contributed by atoms with Crippen LogP contribution >= 0.6 is 0 Å². The molecule has 0 unspecified atom stereocenters. The number of H-pyrrole nitrogens is 1. The average molecular weight is 328 g/mol. The van der Waals surface area contributed by atoms with Gasteiger partial charge in [0.25, 0.3) is 5.91 Å². The lowest BCUT2D eigenvalue weighted by atomic mass is 10.1. The fourth-order valence-corrected chi connectivity index (χ4v) is 2.46. The maximum absolute atomic E-state index is 13.8. The van der Waals surface area contributed by atoms with Crippen molar-refractivity contribution in [3.63, 3.8) is 0 Å². The number of pyridine rings is 1. The predicted molar refractivity (Wildman–Crippen MR) is 87.5 cm³/mol. The molecule has 0 aliphatic carbocycles. The molecule has 0 aliphatic rings. The minimum Gasteiger partial charge on any atom is -0.494 e. The van der Waals surface area contributed by atoms with Crippen molar-refractivity contribution in [1.29, 1.82) is 0 Å². The van der Waals surface area contributed by atoms with Crippen LogP contribution in [0.2, 0.25) is 0 Å². The van der Waals surface area contributed by atoms with Gasteiger partial charge in [0.05, 0.1) is 24.2 Å². The van der Waals surface area contributed by atoms with Crippen LogP contribution in [-0.4, -0.2) is 28.0 Å². The number of nitrogens with one attached hydrogen (secondary N) is 2. The number of carbonyl (C=O) groups is 1. The monoisotopic (exact) mass is 328 g/mol. The molecule has 2 aromatic heterocycles. The topological polar surface area (TPSA) is 79.9 Å². The molecule has 0 saturated carbocycles. The molecule has 1 amide bonds. The summed E-state index contributed by atoms with van der Waals surface area (Å²) < 4.78 is 18.7. The maximum Gasteiger partial charge on any atom is 0.253 e. The second-order valence-corrected chi connectivity index (χ2v) is 5.51. The van der Waals surface area contributed by atoms with E-state index in [0.717, 1.165) is 5.82 Å². The number of hydrogen-bond donors (Lipinski definition) is 2. The van der Waals surface area contributed by atoms with Crippen LogP contribution in [0.3, 0.4) is 0 Å². The van der Waals surface area contributed by atoms with Gasteiger partial charge < -0.3 is 15.0 Å². The third kappa shape index (κ3) is 3.05. The summed E-state index contributed by atoms with van der Waals surface area (Å²) in [7, 11) is 1.41. The van der Waals surface area contributed by atoms with Gasteiger partial charge in [0, 0.05) is 6.20 Å². The predicted octanol–water partition coefficient (Wildman–Crippen LogP) is 2.91. The Balaban J connectivity index is 1.78. The van der Waals surface area contributed by atoms with Crippen molar-refractivity contribution in [2.75, 3.05) is 7.11 Å². The van der Waals surface area contributed by atoms with E-state index in [9.17, 15) is 9.18 Å². The molecule has 6 nitrogen and oxygen atoms in total. The van der Waals surface area contributed by atoms with Crippen molar-refractivity contribution >= 4 is 17.1 Å². The highest BCUT2D eigenvalue weighted by Gasteiger charge is 2.15. The highest BCUT2D eigenvalue weighted by molar-refractivity contribution is 5.96. The lowest BCUT2D eigenvalue weighted by Crippen LogP contribution is -2.26. The molecule has 3 rings (SSSR count). The standard InChI is InChI=1S/C17H17FN4O2/c1-9(11-4-5-15(24-3)13(18)6-11)20-17(23)12-7-14-16(19-8-12)22-10(2)21-14/h4-9H,1-3H3,(H,20,23)(H,19,21,22)/t9-/m0/s1. The molecular weight excluding hydrogens is 311 g/mol. The Hall–Kier alpha value is -2.96. The Kier molecular flexibility index (Phi) is 4.16. The van der Waals surface area contributed by atoms with Crippen molar-refractivity contribution < 1.29 is 13.9 Å². The Labute approximate surface area is 138 Å². The SMILES string of the molecule is COc1ccc([C@H](C)NC(=O)c2cnc3nc(C)[nH]c3c2)cc1F. The minimum absolute atomic E-state index is 0.168. The Morgan fingerprint density at radius 1 is 1.38 bits per heavy atom. The number of fused-ring (bicyclic) bond motifs is 1. The molecule has 0 fully saturated rings. The molecule has 0 aliphatic heterocycles. The number of rotatable bonds is 4. The molecule has 7 heteroatoms. The zero-order valence-electron chi connectivity index (χ0n) is 13.6. The summed E-state index contributed by atoms with van der Waals surface area (Å²) in [5.41, 5.74) is 2.32. The molecule has 0 bridgehead atoms. The number of aryl methyl sites for hydroxylation is 1. The van der Waals surface area contributed by atoms with E-state index in [1.807, 2.05) is 6.92 Å². The number of hydrogen-bond acceptors (Lipinski definition) is 4. The summed E-state index contributed by atoms with van der Waals surface area (Å²) in [6.45, 7) is 3.60. The second kappa shape index (κ2) is 6.27. The summed E-state index contributed by atoms with van der Waals surface area (Å²) in [6, 6.07) is 5.93. The normalized spacial score (nSPS) is 12.2. The van der Waals surface area contributed by atoms with Crippen LogP contribution in [0.5, 0.6) is 5.75 Å². The maximum atomic E-state index is 13.8. The number of amides is 1. The van der Waals surface area contributed by atoms with E-state index in [0.29, 0.717) is 22.3 Å². The largest absolute Gasteiger partial charge is 0.494 e. The summed E-state index contributed by atoms with van der Waals surface area (Å²) in [4.78, 5) is 23.8. The first kappa shape index (κ1) is 15.9. The van der Waals surface area contributed by atoms with Gasteiger partial charge in [-0.3, -0.25) is 4.79 Å². The molecule has 2 heterocycles. The quantitative estimate of drug-likeness (QED) is 0.772. The van der Waals surface area contributed by atoms with Gasteiger partial charge in [-0.1, -0.05) is 6.07 Å². The summed E-state index contributed by atoms with van der Waals surface area (Å²) in [5.74, 6) is 0.145. The Morgan fingerprint density at radius 2 is 2.17 bits per heavy atom. The van der Waals surface area contributed by atoms with Gasteiger partial charge in [0.1, 0.15) is 5.82 Å². The molecule has 24 heavy (non-hydrogen) atoms. The van der Waals surface area contributed by atoms with Gasteiger partial charge in [0.15, 0.2) is 17.2 Å². The van der Waals surface area contributed by atoms with Crippen LogP contribution in [0.4, 0.5) is 4.39 Å². The van der Waals surface area contributed by atoms with Gasteiger partial charge >= 0.3 is 0 Å². The lowest BCUT2D eigenvalue weighted by molar-refractivity contribution is 0.0939. The third-order valence-electron chi connectivity index (χ3n) is 3.74. The van der Waals surface area contributed by atoms with Gasteiger partial charge in [0.2, 0.25) is 0 Å². The van der Waals surface area contributed by atoms with Crippen LogP contribution < -0.4 is 10.1 Å². The van der Waals surface area contributed by atoms with E-state index in [1.165, 1.54) is 25.4 Å². The smallest absolute Gasteiger partial charge is 0.253 e. The number of benzene rings is 1. The number of aromatic nitrogens is 3. The van der Waals surface area contributed by atoms with E-state index in [-0.39, 0.29) is 17.7 Å². The van der Waals surface area contributed by atoms with E-state index < -0.39 is 5.82 Å². The third-order valence-corrected chi connectivity index (χ3v) is 3.74. The van der Waals surface area contributed by atoms with Crippen LogP contribution in [0.1, 0.15) is 34.7 Å². The van der Waals surface area contributed by atoms with Crippen molar-refractivity contribution in [2.24, 2.45) is 0 Å². The fourth-order valence-electron chi connectivity index (χ4n) is 2.46. The van der Waals surface area contributed by atoms with Crippen molar-refractivity contribution in [3.05, 3.63) is 53.2 Å². The minimum atomic E-state index is -0.466. The van der Waals surface area contributed by atoms with Gasteiger partial charge in [-0.15, -0.1) is 0 Å². The molecular formula is C17H17FN4O2. The Bertz CT molecular complexity index is 907. The number of halogens is 1. The summed E-state index contributed by atoms with van der Waals surface area (Å²) in [6.07, 6.45) is 1.47. The summed E-state index contributed by atoms with van der Waals surface area (Å²) in [5, 5.41) is 2.83. The molecule has 0 saturated heterocycles.